The summed E-state index contributed by atoms with van der Waals surface area (Å²) >= 11 is 0. The van der Waals surface area contributed by atoms with Crippen LogP contribution in [0.5, 0.6) is 0 Å². The molecule has 2 aromatic heterocycles. The normalized spacial score (nSPS) is 14.8. The van der Waals surface area contributed by atoms with E-state index in [0.29, 0.717) is 24.4 Å². The second-order valence-electron chi connectivity index (χ2n) is 5.76. The van der Waals surface area contributed by atoms with Gasteiger partial charge in [0.05, 0.1) is 6.20 Å². The molecular formula is C16H22N6O2. The molecule has 0 atom stereocenters. The van der Waals surface area contributed by atoms with Crippen LogP contribution in [0.25, 0.3) is 0 Å². The summed E-state index contributed by atoms with van der Waals surface area (Å²) in [4.78, 5) is 25.4. The Bertz CT molecular complexity index is 721. The van der Waals surface area contributed by atoms with Gasteiger partial charge in [0.25, 0.3) is 5.91 Å². The van der Waals surface area contributed by atoms with Crippen molar-refractivity contribution in [2.24, 2.45) is 0 Å². The van der Waals surface area contributed by atoms with Gasteiger partial charge in [0, 0.05) is 38.8 Å². The quantitative estimate of drug-likeness (QED) is 0.908. The van der Waals surface area contributed by atoms with Crippen LogP contribution in [-0.4, -0.2) is 58.7 Å². The van der Waals surface area contributed by atoms with E-state index < -0.39 is 0 Å². The lowest BCUT2D eigenvalue weighted by Crippen LogP contribution is -2.49. The summed E-state index contributed by atoms with van der Waals surface area (Å²) in [5.41, 5.74) is 0.538. The predicted molar refractivity (Wildman–Crippen MR) is 90.3 cm³/mol. The Kier molecular flexibility index (Phi) is 4.64. The van der Waals surface area contributed by atoms with Crippen molar-refractivity contribution in [3.63, 3.8) is 0 Å². The topological polar surface area (TPSA) is 87.4 Å². The van der Waals surface area contributed by atoms with Crippen molar-refractivity contribution in [3.05, 3.63) is 29.4 Å². The molecule has 8 heteroatoms. The Balaban J connectivity index is 1.67. The summed E-state index contributed by atoms with van der Waals surface area (Å²) in [7, 11) is 0. The molecule has 0 spiro atoms. The lowest BCUT2D eigenvalue weighted by molar-refractivity contribution is 0.0744. The van der Waals surface area contributed by atoms with Crippen molar-refractivity contribution in [2.75, 3.05) is 42.9 Å². The van der Waals surface area contributed by atoms with E-state index >= 15 is 0 Å². The number of piperazine rings is 1. The van der Waals surface area contributed by atoms with Gasteiger partial charge in [0.15, 0.2) is 0 Å². The number of nitrogens with zero attached hydrogens (tertiary/aromatic N) is 5. The highest BCUT2D eigenvalue weighted by Crippen LogP contribution is 2.19. The minimum Gasteiger partial charge on any atom is -0.370 e. The van der Waals surface area contributed by atoms with Crippen LogP contribution in [0.3, 0.4) is 0 Å². The number of rotatable bonds is 4. The first kappa shape index (κ1) is 16.2. The van der Waals surface area contributed by atoms with Crippen LogP contribution >= 0.6 is 0 Å². The Labute approximate surface area is 140 Å². The molecule has 2 aromatic rings. The summed E-state index contributed by atoms with van der Waals surface area (Å²) in [5, 5.41) is 6.90. The zero-order chi connectivity index (χ0) is 17.1. The van der Waals surface area contributed by atoms with Gasteiger partial charge in [0.2, 0.25) is 0 Å². The Hall–Kier alpha value is -2.64. The van der Waals surface area contributed by atoms with Crippen LogP contribution in [0.1, 0.15) is 28.9 Å². The van der Waals surface area contributed by atoms with Crippen molar-refractivity contribution < 1.29 is 9.32 Å². The molecule has 128 valence electrons. The standard InChI is InChI=1S/C16H22N6O2/c1-4-17-14-9-15(20-12(3)19-14)21-5-7-22(8-6-21)16(23)13-10-18-24-11(13)2/h9-10H,4-8H2,1-3H3,(H,17,19,20). The molecule has 0 unspecified atom stereocenters. The van der Waals surface area contributed by atoms with Gasteiger partial charge in [-0.05, 0) is 20.8 Å². The summed E-state index contributed by atoms with van der Waals surface area (Å²) in [6.07, 6.45) is 1.49. The molecule has 0 radical (unpaired) electrons. The van der Waals surface area contributed by atoms with Gasteiger partial charge < -0.3 is 19.6 Å². The van der Waals surface area contributed by atoms with E-state index in [2.05, 4.69) is 25.3 Å². The molecule has 1 N–H and O–H groups in total. The van der Waals surface area contributed by atoms with E-state index in [1.807, 2.05) is 24.8 Å². The number of amides is 1. The highest BCUT2D eigenvalue weighted by Gasteiger charge is 2.25. The highest BCUT2D eigenvalue weighted by atomic mass is 16.5. The van der Waals surface area contributed by atoms with E-state index in [1.165, 1.54) is 6.20 Å². The Morgan fingerprint density at radius 3 is 2.62 bits per heavy atom. The maximum Gasteiger partial charge on any atom is 0.259 e. The van der Waals surface area contributed by atoms with Gasteiger partial charge >= 0.3 is 0 Å². The molecule has 1 fully saturated rings. The first-order valence-corrected chi connectivity index (χ1v) is 8.13. The molecule has 0 aliphatic carbocycles. The minimum atomic E-state index is -0.0272. The van der Waals surface area contributed by atoms with Crippen LogP contribution in [0, 0.1) is 13.8 Å². The minimum absolute atomic E-state index is 0.0272. The zero-order valence-electron chi connectivity index (χ0n) is 14.2. The lowest BCUT2D eigenvalue weighted by atomic mass is 10.2. The van der Waals surface area contributed by atoms with Crippen molar-refractivity contribution in [1.82, 2.24) is 20.0 Å². The third-order valence-electron chi connectivity index (χ3n) is 4.05. The fourth-order valence-electron chi connectivity index (χ4n) is 2.80. The first-order chi connectivity index (χ1) is 11.6. The summed E-state index contributed by atoms with van der Waals surface area (Å²) in [6.45, 7) is 9.24. The van der Waals surface area contributed by atoms with Gasteiger partial charge in [0.1, 0.15) is 28.8 Å². The second-order valence-corrected chi connectivity index (χ2v) is 5.76. The monoisotopic (exact) mass is 330 g/mol. The number of carbonyl (C=O) groups is 1. The molecule has 0 aromatic carbocycles. The van der Waals surface area contributed by atoms with Crippen LogP contribution in [0.2, 0.25) is 0 Å². The number of aryl methyl sites for hydroxylation is 2. The molecule has 3 rings (SSSR count). The number of aromatic nitrogens is 3. The molecule has 1 aliphatic heterocycles. The van der Waals surface area contributed by atoms with Crippen molar-refractivity contribution in [2.45, 2.75) is 20.8 Å². The fourth-order valence-corrected chi connectivity index (χ4v) is 2.80. The van der Waals surface area contributed by atoms with E-state index in [1.54, 1.807) is 6.92 Å². The Morgan fingerprint density at radius 1 is 1.25 bits per heavy atom. The number of hydrogen-bond acceptors (Lipinski definition) is 7. The molecule has 3 heterocycles. The third kappa shape index (κ3) is 3.32. The smallest absolute Gasteiger partial charge is 0.259 e. The van der Waals surface area contributed by atoms with Gasteiger partial charge in [-0.2, -0.15) is 0 Å². The molecule has 1 saturated heterocycles. The molecule has 0 bridgehead atoms. The number of carbonyl (C=O) groups excluding carboxylic acids is 1. The largest absolute Gasteiger partial charge is 0.370 e. The molecule has 1 amide bonds. The second kappa shape index (κ2) is 6.86. The number of anilines is 2. The average molecular weight is 330 g/mol. The zero-order valence-corrected chi connectivity index (χ0v) is 14.2. The lowest BCUT2D eigenvalue weighted by Gasteiger charge is -2.35. The fraction of sp³-hybridized carbons (Fsp3) is 0.500. The highest BCUT2D eigenvalue weighted by molar-refractivity contribution is 5.94. The maximum absolute atomic E-state index is 12.5. The van der Waals surface area contributed by atoms with Crippen LogP contribution in [-0.2, 0) is 0 Å². The molecule has 0 saturated carbocycles. The first-order valence-electron chi connectivity index (χ1n) is 8.13. The van der Waals surface area contributed by atoms with Crippen molar-refractivity contribution >= 4 is 17.5 Å². The number of hydrogen-bond donors (Lipinski definition) is 1. The number of nitrogens with one attached hydrogen (secondary N) is 1. The average Bonchev–Trinajstić information content (AvgIpc) is 3.00. The third-order valence-corrected chi connectivity index (χ3v) is 4.05. The van der Waals surface area contributed by atoms with Gasteiger partial charge in [-0.15, -0.1) is 0 Å². The van der Waals surface area contributed by atoms with E-state index in [0.717, 1.165) is 37.1 Å². The van der Waals surface area contributed by atoms with Crippen LogP contribution in [0.4, 0.5) is 11.6 Å². The van der Waals surface area contributed by atoms with Crippen molar-refractivity contribution in [1.29, 1.82) is 0 Å². The van der Waals surface area contributed by atoms with Crippen molar-refractivity contribution in [3.8, 4) is 0 Å². The maximum atomic E-state index is 12.5. The predicted octanol–water partition coefficient (Wildman–Crippen LogP) is 1.48. The van der Waals surface area contributed by atoms with E-state index in [4.69, 9.17) is 4.52 Å². The molecule has 24 heavy (non-hydrogen) atoms. The van der Waals surface area contributed by atoms with Gasteiger partial charge in [-0.3, -0.25) is 4.79 Å². The SMILES string of the molecule is CCNc1cc(N2CCN(C(=O)c3cnoc3C)CC2)nc(C)n1. The molecule has 8 nitrogen and oxygen atoms in total. The van der Waals surface area contributed by atoms with E-state index in [9.17, 15) is 4.79 Å². The van der Waals surface area contributed by atoms with Crippen LogP contribution in [0.15, 0.2) is 16.8 Å². The summed E-state index contributed by atoms with van der Waals surface area (Å²) in [6, 6.07) is 1.96. The van der Waals surface area contributed by atoms with Gasteiger partial charge in [-0.25, -0.2) is 9.97 Å². The Morgan fingerprint density at radius 2 is 2.00 bits per heavy atom. The molecule has 1 aliphatic rings. The van der Waals surface area contributed by atoms with Gasteiger partial charge in [-0.1, -0.05) is 5.16 Å². The molecular weight excluding hydrogens is 308 g/mol. The van der Waals surface area contributed by atoms with Crippen LogP contribution < -0.4 is 10.2 Å². The summed E-state index contributed by atoms with van der Waals surface area (Å²) < 4.78 is 4.98. The van der Waals surface area contributed by atoms with E-state index in [-0.39, 0.29) is 5.91 Å². The summed E-state index contributed by atoms with van der Waals surface area (Å²) in [5.74, 6) is 3.00.